The minimum absolute atomic E-state index is 0.0327. The van der Waals surface area contributed by atoms with Crippen molar-refractivity contribution in [2.75, 3.05) is 5.32 Å². The van der Waals surface area contributed by atoms with Crippen LogP contribution in [0.25, 0.3) is 22.7 Å². The molecule has 3 N–H and O–H groups in total. The van der Waals surface area contributed by atoms with Gasteiger partial charge >= 0.3 is 12.1 Å². The van der Waals surface area contributed by atoms with Crippen LogP contribution in [0.5, 0.6) is 11.5 Å². The Morgan fingerprint density at radius 3 is 2.54 bits per heavy atom. The van der Waals surface area contributed by atoms with Crippen LogP contribution in [-0.2, 0) is 4.79 Å². The van der Waals surface area contributed by atoms with Crippen molar-refractivity contribution in [1.82, 2.24) is 25.5 Å². The van der Waals surface area contributed by atoms with Gasteiger partial charge < -0.3 is 24.9 Å². The summed E-state index contributed by atoms with van der Waals surface area (Å²) < 4.78 is 63.5. The van der Waals surface area contributed by atoms with Crippen LogP contribution in [0.3, 0.4) is 0 Å². The van der Waals surface area contributed by atoms with Gasteiger partial charge in [-0.05, 0) is 46.2 Å². The molecule has 198 valence electrons. The van der Waals surface area contributed by atoms with E-state index in [1.54, 1.807) is 13.8 Å². The van der Waals surface area contributed by atoms with Gasteiger partial charge in [0.15, 0.2) is 0 Å². The maximum absolute atomic E-state index is 15.1. The highest BCUT2D eigenvalue weighted by Gasteiger charge is 2.46. The molecule has 0 bridgehead atoms. The number of oxazole rings is 1. The van der Waals surface area contributed by atoms with Crippen molar-refractivity contribution in [2.45, 2.75) is 63.6 Å². The number of rotatable bonds is 5. The Morgan fingerprint density at radius 1 is 1.22 bits per heavy atom. The van der Waals surface area contributed by atoms with Crippen molar-refractivity contribution in [3.05, 3.63) is 30.8 Å². The largest absolute Gasteiger partial charge is 0.507 e. The van der Waals surface area contributed by atoms with Gasteiger partial charge in [0.05, 0.1) is 24.0 Å². The highest BCUT2D eigenvalue weighted by molar-refractivity contribution is 5.84. The predicted octanol–water partition coefficient (Wildman–Crippen LogP) is 4.04. The van der Waals surface area contributed by atoms with Gasteiger partial charge in [0.25, 0.3) is 0 Å². The first-order valence-electron chi connectivity index (χ1n) is 11.1. The van der Waals surface area contributed by atoms with Crippen molar-refractivity contribution in [1.29, 1.82) is 0 Å². The summed E-state index contributed by atoms with van der Waals surface area (Å²) in [5.41, 5.74) is -1.74. The molecule has 1 aliphatic rings. The van der Waals surface area contributed by atoms with Gasteiger partial charge in [0.2, 0.25) is 11.8 Å². The number of carbonyl (C=O) groups excluding carboxylic acids is 1. The highest BCUT2D eigenvalue weighted by Crippen LogP contribution is 2.41. The summed E-state index contributed by atoms with van der Waals surface area (Å²) in [4.78, 5) is 19.5. The molecule has 2 aromatic heterocycles. The zero-order valence-corrected chi connectivity index (χ0v) is 20.2. The number of alkyl halides is 4. The van der Waals surface area contributed by atoms with E-state index in [0.29, 0.717) is 6.42 Å². The monoisotopic (exact) mass is 524 g/mol. The fourth-order valence-electron chi connectivity index (χ4n) is 4.48. The number of phenolic OH excluding ortho intramolecular Hbond substituents is 1. The summed E-state index contributed by atoms with van der Waals surface area (Å²) in [7, 11) is 0. The van der Waals surface area contributed by atoms with Gasteiger partial charge in [-0.25, -0.2) is 19.2 Å². The molecule has 10 nitrogen and oxygen atoms in total. The summed E-state index contributed by atoms with van der Waals surface area (Å²) in [6, 6.07) is 1.52. The molecule has 1 aliphatic heterocycles. The second-order valence-electron chi connectivity index (χ2n) is 9.85. The number of ether oxygens (including phenoxy) is 1. The minimum atomic E-state index is -5.30. The van der Waals surface area contributed by atoms with Crippen molar-refractivity contribution >= 4 is 11.9 Å². The van der Waals surface area contributed by atoms with E-state index in [0.717, 1.165) is 18.3 Å². The average molecular weight is 524 g/mol. The van der Waals surface area contributed by atoms with E-state index in [1.165, 1.54) is 12.5 Å². The number of aromatic nitrogens is 4. The molecule has 4 rings (SSSR count). The number of hydrogen-bond donors (Lipinski definition) is 3. The van der Waals surface area contributed by atoms with Gasteiger partial charge in [-0.3, -0.25) is 0 Å². The zero-order valence-electron chi connectivity index (χ0n) is 20.2. The first kappa shape index (κ1) is 26.3. The van der Waals surface area contributed by atoms with Crippen molar-refractivity contribution in [3.8, 4) is 34.2 Å². The topological polar surface area (TPSA) is 135 Å². The third kappa shape index (κ3) is 5.63. The summed E-state index contributed by atoms with van der Waals surface area (Å²) in [6.45, 7) is 7.35. The van der Waals surface area contributed by atoms with E-state index < -0.39 is 41.4 Å². The van der Waals surface area contributed by atoms with Crippen LogP contribution >= 0.6 is 0 Å². The van der Waals surface area contributed by atoms with Gasteiger partial charge in [-0.15, -0.1) is 10.2 Å². The molecule has 0 amide bonds. The highest BCUT2D eigenvalue weighted by atomic mass is 19.4. The van der Waals surface area contributed by atoms with E-state index in [9.17, 15) is 23.1 Å². The van der Waals surface area contributed by atoms with E-state index in [4.69, 9.17) is 4.42 Å². The third-order valence-corrected chi connectivity index (χ3v) is 5.76. The molecule has 37 heavy (non-hydrogen) atoms. The van der Waals surface area contributed by atoms with Crippen LogP contribution in [0, 0.1) is 0 Å². The molecule has 0 unspecified atom stereocenters. The van der Waals surface area contributed by atoms with Crippen LogP contribution in [0.4, 0.5) is 23.5 Å². The van der Waals surface area contributed by atoms with Crippen LogP contribution in [0.1, 0.15) is 34.1 Å². The molecule has 1 aromatic carbocycles. The number of nitrogens with one attached hydrogen (secondary N) is 2. The number of halogens is 4. The van der Waals surface area contributed by atoms with Gasteiger partial charge in [0.1, 0.15) is 29.6 Å². The van der Waals surface area contributed by atoms with Crippen molar-refractivity contribution < 1.29 is 36.6 Å². The number of benzene rings is 1. The fourth-order valence-corrected chi connectivity index (χ4v) is 4.48. The Hall–Kier alpha value is -3.81. The molecule has 0 radical (unpaired) electrons. The van der Waals surface area contributed by atoms with Crippen LogP contribution < -0.4 is 15.4 Å². The number of esters is 1. The number of hydrogen-bond acceptors (Lipinski definition) is 10. The molecule has 0 saturated carbocycles. The lowest BCUT2D eigenvalue weighted by molar-refractivity contribution is -0.189. The minimum Gasteiger partial charge on any atom is -0.507 e. The second-order valence-corrected chi connectivity index (χ2v) is 9.85. The van der Waals surface area contributed by atoms with Gasteiger partial charge in [-0.2, -0.15) is 13.2 Å². The smallest absolute Gasteiger partial charge is 0.491 e. The van der Waals surface area contributed by atoms with Crippen LogP contribution in [0.15, 0.2) is 35.2 Å². The quantitative estimate of drug-likeness (QED) is 0.255. The molecular weight excluding hydrogens is 500 g/mol. The number of piperidine rings is 1. The Bertz CT molecular complexity index is 1280. The lowest BCUT2D eigenvalue weighted by Gasteiger charge is -2.48. The van der Waals surface area contributed by atoms with E-state index in [1.807, 2.05) is 13.8 Å². The van der Waals surface area contributed by atoms with Crippen molar-refractivity contribution in [3.63, 3.8) is 0 Å². The lowest BCUT2D eigenvalue weighted by Crippen LogP contribution is -2.67. The lowest BCUT2D eigenvalue weighted by atomic mass is 9.78. The standard InChI is InChI=1S/C23H24F4N6O4/c1-21(2)9-12(17(24)22(3,4)33-21)30-20-29-10-13(31-32-20)16-14(34)7-11(18-28-5-6-36-18)8-15(16)37-19(35)23(25,26)27/h5-8,10,12,17,33-34H,9H2,1-4H3,(H,29,30,32)/t12-,17-/m0/s1. The molecule has 0 spiro atoms. The summed E-state index contributed by atoms with van der Waals surface area (Å²) in [6.07, 6.45) is -2.59. The summed E-state index contributed by atoms with van der Waals surface area (Å²) in [5, 5.41) is 24.6. The number of phenols is 1. The zero-order chi connectivity index (χ0) is 27.2. The fraction of sp³-hybridized carbons (Fsp3) is 0.435. The Balaban J connectivity index is 1.66. The maximum Gasteiger partial charge on any atom is 0.491 e. The van der Waals surface area contributed by atoms with Crippen LogP contribution in [0.2, 0.25) is 0 Å². The molecule has 0 aliphatic carbocycles. The van der Waals surface area contributed by atoms with Gasteiger partial charge in [-0.1, -0.05) is 0 Å². The maximum atomic E-state index is 15.1. The number of carbonyl (C=O) groups is 1. The molecule has 14 heteroatoms. The molecular formula is C23H24F4N6O4. The number of anilines is 1. The molecule has 3 aromatic rings. The third-order valence-electron chi connectivity index (χ3n) is 5.76. The van der Waals surface area contributed by atoms with E-state index in [2.05, 4.69) is 35.5 Å². The second kappa shape index (κ2) is 9.25. The molecule has 3 heterocycles. The Labute approximate surface area is 208 Å². The Kier molecular flexibility index (Phi) is 6.56. The molecule has 1 saturated heterocycles. The average Bonchev–Trinajstić information content (AvgIpc) is 3.31. The van der Waals surface area contributed by atoms with Gasteiger partial charge in [0, 0.05) is 16.6 Å². The molecule has 2 atom stereocenters. The SMILES string of the molecule is CC1(C)C[C@H](Nc2ncc(-c3c(O)cc(-c4ncco4)cc3OC(=O)C(F)(F)F)nn2)[C@H](F)C(C)(C)N1. The first-order valence-corrected chi connectivity index (χ1v) is 11.1. The normalized spacial score (nSPS) is 20.9. The van der Waals surface area contributed by atoms with Crippen LogP contribution in [-0.4, -0.2) is 60.7 Å². The first-order chi connectivity index (χ1) is 17.2. The number of aromatic hydroxyl groups is 1. The Morgan fingerprint density at radius 2 is 1.95 bits per heavy atom. The summed E-state index contributed by atoms with van der Waals surface area (Å²) >= 11 is 0. The molecule has 1 fully saturated rings. The number of nitrogens with zero attached hydrogens (tertiary/aromatic N) is 4. The van der Waals surface area contributed by atoms with E-state index >= 15 is 4.39 Å². The predicted molar refractivity (Wildman–Crippen MR) is 122 cm³/mol. The van der Waals surface area contributed by atoms with Crippen molar-refractivity contribution in [2.24, 2.45) is 0 Å². The van der Waals surface area contributed by atoms with E-state index in [-0.39, 0.29) is 34.2 Å². The summed E-state index contributed by atoms with van der Waals surface area (Å²) in [5.74, 6) is -3.85.